The average Bonchev–Trinajstić information content (AvgIpc) is 2.00. The van der Waals surface area contributed by atoms with E-state index in [2.05, 4.69) is 5.32 Å². The van der Waals surface area contributed by atoms with Crippen LogP contribution in [-0.4, -0.2) is 26.3 Å². The fourth-order valence-corrected chi connectivity index (χ4v) is 0.947. The predicted molar refractivity (Wildman–Crippen MR) is 36.5 cm³/mol. The van der Waals surface area contributed by atoms with Crippen molar-refractivity contribution in [2.24, 2.45) is 0 Å². The lowest BCUT2D eigenvalue weighted by Crippen LogP contribution is -2.11. The first-order valence-electron chi connectivity index (χ1n) is 3.71. The molecule has 2 heteroatoms. The molecule has 0 atom stereocenters. The van der Waals surface area contributed by atoms with Crippen molar-refractivity contribution >= 4 is 0 Å². The molecule has 1 radical (unpaired) electrons. The van der Waals surface area contributed by atoms with Crippen molar-refractivity contribution in [1.29, 1.82) is 0 Å². The predicted octanol–water partition coefficient (Wildman–Crippen LogP) is 0.791. The highest BCUT2D eigenvalue weighted by atomic mass is 16.5. The van der Waals surface area contributed by atoms with Gasteiger partial charge in [0.25, 0.3) is 0 Å². The first kappa shape index (κ1) is 7.03. The molecule has 1 fully saturated rings. The Morgan fingerprint density at radius 1 is 0.889 bits per heavy atom. The number of nitrogens with zero attached hydrogens (tertiary/aromatic N) is 1. The van der Waals surface area contributed by atoms with Gasteiger partial charge in [0.1, 0.15) is 0 Å². The summed E-state index contributed by atoms with van der Waals surface area (Å²) in [5.74, 6) is 0. The zero-order valence-corrected chi connectivity index (χ0v) is 5.81. The molecule has 9 heavy (non-hydrogen) atoms. The molecule has 1 heterocycles. The van der Waals surface area contributed by atoms with Crippen LogP contribution in [0.15, 0.2) is 0 Å². The Hall–Kier alpha value is -0.0800. The minimum atomic E-state index is 0.833. The fourth-order valence-electron chi connectivity index (χ4n) is 0.947. The van der Waals surface area contributed by atoms with E-state index in [-0.39, 0.29) is 0 Å². The summed E-state index contributed by atoms with van der Waals surface area (Å²) in [6, 6.07) is 0. The summed E-state index contributed by atoms with van der Waals surface area (Å²) in [6.07, 6.45) is 3.75. The highest BCUT2D eigenvalue weighted by Crippen LogP contribution is 1.96. The van der Waals surface area contributed by atoms with Crippen molar-refractivity contribution < 1.29 is 4.74 Å². The normalized spacial score (nSPS) is 24.0. The van der Waals surface area contributed by atoms with E-state index in [1.807, 2.05) is 0 Å². The molecule has 0 aromatic carbocycles. The van der Waals surface area contributed by atoms with Crippen molar-refractivity contribution in [2.45, 2.75) is 19.3 Å². The van der Waals surface area contributed by atoms with Crippen molar-refractivity contribution in [3.8, 4) is 0 Å². The molecular formula is C7H14NO. The smallest absolute Gasteiger partial charge is 0.0607 e. The maximum Gasteiger partial charge on any atom is 0.0607 e. The van der Waals surface area contributed by atoms with Gasteiger partial charge < -0.3 is 4.74 Å². The van der Waals surface area contributed by atoms with Crippen molar-refractivity contribution in [2.75, 3.05) is 26.3 Å². The average molecular weight is 128 g/mol. The van der Waals surface area contributed by atoms with Crippen LogP contribution in [0.4, 0.5) is 0 Å². The van der Waals surface area contributed by atoms with E-state index in [1.54, 1.807) is 0 Å². The van der Waals surface area contributed by atoms with E-state index >= 15 is 0 Å². The zero-order valence-electron chi connectivity index (χ0n) is 5.81. The summed E-state index contributed by atoms with van der Waals surface area (Å²) >= 11 is 0. The third kappa shape index (κ3) is 3.49. The van der Waals surface area contributed by atoms with Gasteiger partial charge in [0.15, 0.2) is 0 Å². The summed E-state index contributed by atoms with van der Waals surface area (Å²) in [7, 11) is 0. The molecule has 2 nitrogen and oxygen atoms in total. The molecule has 1 aliphatic heterocycles. The molecule has 53 valence electrons. The standard InChI is InChI=1S/C7H14NO/c1-2-4-8-5-7-9-6-3-1/h1-7H2. The molecule has 1 saturated heterocycles. The van der Waals surface area contributed by atoms with Gasteiger partial charge in [-0.1, -0.05) is 0 Å². The van der Waals surface area contributed by atoms with Crippen LogP contribution < -0.4 is 5.32 Å². The molecule has 0 aromatic heterocycles. The minimum absolute atomic E-state index is 0.833. The van der Waals surface area contributed by atoms with E-state index in [0.29, 0.717) is 0 Å². The molecule has 0 aliphatic carbocycles. The van der Waals surface area contributed by atoms with Gasteiger partial charge >= 0.3 is 0 Å². The number of rotatable bonds is 0. The molecule has 0 N–H and O–H groups in total. The third-order valence-corrected chi connectivity index (χ3v) is 1.50. The molecule has 0 bridgehead atoms. The van der Waals surface area contributed by atoms with Gasteiger partial charge in [0, 0.05) is 19.7 Å². The minimum Gasteiger partial charge on any atom is -0.380 e. The second-order valence-corrected chi connectivity index (χ2v) is 2.34. The summed E-state index contributed by atoms with van der Waals surface area (Å²) in [5.41, 5.74) is 0. The fraction of sp³-hybridized carbons (Fsp3) is 1.00. The van der Waals surface area contributed by atoms with Gasteiger partial charge in [-0.15, -0.1) is 0 Å². The first-order chi connectivity index (χ1) is 4.50. The monoisotopic (exact) mass is 128 g/mol. The molecule has 0 saturated carbocycles. The Kier molecular flexibility index (Phi) is 3.72. The number of hydrogen-bond acceptors (Lipinski definition) is 1. The SMILES string of the molecule is C1CC[N]CCOCC1. The first-order valence-corrected chi connectivity index (χ1v) is 3.71. The summed E-state index contributed by atoms with van der Waals surface area (Å²) < 4.78 is 5.26. The van der Waals surface area contributed by atoms with Crippen LogP contribution in [0, 0.1) is 0 Å². The van der Waals surface area contributed by atoms with Gasteiger partial charge in [-0.3, -0.25) is 0 Å². The van der Waals surface area contributed by atoms with Gasteiger partial charge in [0.05, 0.1) is 6.61 Å². The van der Waals surface area contributed by atoms with Crippen molar-refractivity contribution in [1.82, 2.24) is 5.32 Å². The van der Waals surface area contributed by atoms with E-state index in [0.717, 1.165) is 26.3 Å². The van der Waals surface area contributed by atoms with Crippen LogP contribution in [0.25, 0.3) is 0 Å². The quantitative estimate of drug-likeness (QED) is 0.473. The summed E-state index contributed by atoms with van der Waals surface area (Å²) in [6.45, 7) is 3.72. The van der Waals surface area contributed by atoms with E-state index in [9.17, 15) is 0 Å². The summed E-state index contributed by atoms with van der Waals surface area (Å²) in [5, 5.41) is 4.27. The Balaban J connectivity index is 2.02. The Morgan fingerprint density at radius 3 is 2.89 bits per heavy atom. The van der Waals surface area contributed by atoms with Crippen LogP contribution in [0.5, 0.6) is 0 Å². The van der Waals surface area contributed by atoms with Crippen molar-refractivity contribution in [3.63, 3.8) is 0 Å². The van der Waals surface area contributed by atoms with Gasteiger partial charge in [-0.2, -0.15) is 0 Å². The van der Waals surface area contributed by atoms with E-state index in [4.69, 9.17) is 4.74 Å². The lowest BCUT2D eigenvalue weighted by atomic mass is 10.2. The maximum atomic E-state index is 5.26. The Bertz CT molecular complexity index is 37.4. The summed E-state index contributed by atoms with van der Waals surface area (Å²) in [4.78, 5) is 0. The highest BCUT2D eigenvalue weighted by Gasteiger charge is 1.95. The van der Waals surface area contributed by atoms with Crippen LogP contribution >= 0.6 is 0 Å². The van der Waals surface area contributed by atoms with Crippen LogP contribution in [-0.2, 0) is 4.74 Å². The van der Waals surface area contributed by atoms with Gasteiger partial charge in [-0.05, 0) is 19.3 Å². The topological polar surface area (TPSA) is 23.3 Å². The lowest BCUT2D eigenvalue weighted by Gasteiger charge is -1.97. The van der Waals surface area contributed by atoms with E-state index in [1.165, 1.54) is 19.3 Å². The highest BCUT2D eigenvalue weighted by molar-refractivity contribution is 4.50. The largest absolute Gasteiger partial charge is 0.380 e. The van der Waals surface area contributed by atoms with Gasteiger partial charge in [0.2, 0.25) is 0 Å². The third-order valence-electron chi connectivity index (χ3n) is 1.50. The lowest BCUT2D eigenvalue weighted by molar-refractivity contribution is 0.136. The molecule has 1 aliphatic rings. The second-order valence-electron chi connectivity index (χ2n) is 2.34. The van der Waals surface area contributed by atoms with Crippen molar-refractivity contribution in [3.05, 3.63) is 0 Å². The molecular weight excluding hydrogens is 114 g/mol. The molecule has 0 unspecified atom stereocenters. The zero-order chi connectivity index (χ0) is 6.36. The number of ether oxygens (including phenoxy) is 1. The Morgan fingerprint density at radius 2 is 1.89 bits per heavy atom. The maximum absolute atomic E-state index is 5.26. The van der Waals surface area contributed by atoms with Gasteiger partial charge in [-0.25, -0.2) is 5.32 Å². The molecule has 1 rings (SSSR count). The molecule has 0 amide bonds. The van der Waals surface area contributed by atoms with Crippen LogP contribution in [0.3, 0.4) is 0 Å². The second kappa shape index (κ2) is 4.77. The van der Waals surface area contributed by atoms with E-state index < -0.39 is 0 Å². The molecule has 0 aromatic rings. The van der Waals surface area contributed by atoms with Crippen LogP contribution in [0.2, 0.25) is 0 Å². The molecule has 0 spiro atoms. The van der Waals surface area contributed by atoms with Crippen LogP contribution in [0.1, 0.15) is 19.3 Å². The Labute approximate surface area is 56.6 Å². The number of hydrogen-bond donors (Lipinski definition) is 0.